The fraction of sp³-hybridized carbons (Fsp3) is 0.375. The van der Waals surface area contributed by atoms with Crippen LogP contribution in [0.25, 0.3) is 10.8 Å². The highest BCUT2D eigenvalue weighted by Gasteiger charge is 2.07. The van der Waals surface area contributed by atoms with Crippen LogP contribution >= 0.6 is 0 Å². The molecule has 3 nitrogen and oxygen atoms in total. The maximum Gasteiger partial charge on any atom is 0.0698 e. The zero-order valence-electron chi connectivity index (χ0n) is 11.4. The van der Waals surface area contributed by atoms with Crippen molar-refractivity contribution in [2.75, 3.05) is 37.8 Å². The summed E-state index contributed by atoms with van der Waals surface area (Å²) >= 11 is 0. The summed E-state index contributed by atoms with van der Waals surface area (Å²) in [5.74, 6) is 0. The van der Waals surface area contributed by atoms with Gasteiger partial charge in [0.25, 0.3) is 0 Å². The number of benzene rings is 2. The minimum Gasteiger partial charge on any atom is -0.394 e. The number of likely N-dealkylation sites (N-methyl/N-ethyl adjacent to an activating group) is 1. The minimum atomic E-state index is 0.0837. The highest BCUT2D eigenvalue weighted by molar-refractivity contribution is 5.94. The normalized spacial score (nSPS) is 10.8. The fourth-order valence-electron chi connectivity index (χ4n) is 2.27. The molecule has 2 rings (SSSR count). The summed E-state index contributed by atoms with van der Waals surface area (Å²) in [6.45, 7) is 5.06. The number of aliphatic hydroxyl groups is 1. The van der Waals surface area contributed by atoms with Gasteiger partial charge < -0.3 is 14.7 Å². The lowest BCUT2D eigenvalue weighted by molar-refractivity contribution is 0.0968. The lowest BCUT2D eigenvalue weighted by Crippen LogP contribution is -2.27. The molecule has 19 heavy (non-hydrogen) atoms. The third-order valence-corrected chi connectivity index (χ3v) is 3.23. The number of anilines is 1. The molecule has 1 N–H and O–H groups in total. The number of fused-ring (bicyclic) bond motifs is 1. The van der Waals surface area contributed by atoms with E-state index in [1.54, 1.807) is 0 Å². The lowest BCUT2D eigenvalue weighted by atomic mass is 10.1. The van der Waals surface area contributed by atoms with Gasteiger partial charge in [-0.05, 0) is 18.4 Å². The van der Waals surface area contributed by atoms with Crippen LogP contribution in [0.5, 0.6) is 0 Å². The van der Waals surface area contributed by atoms with E-state index in [4.69, 9.17) is 9.84 Å². The lowest BCUT2D eigenvalue weighted by Gasteiger charge is -2.24. The van der Waals surface area contributed by atoms with Gasteiger partial charge in [0, 0.05) is 24.2 Å². The Morgan fingerprint density at radius 2 is 1.84 bits per heavy atom. The number of ether oxygens (including phenoxy) is 1. The quantitative estimate of drug-likeness (QED) is 0.776. The zero-order chi connectivity index (χ0) is 13.5. The Morgan fingerprint density at radius 1 is 1.05 bits per heavy atom. The number of hydrogen-bond acceptors (Lipinski definition) is 3. The second kappa shape index (κ2) is 7.12. The summed E-state index contributed by atoms with van der Waals surface area (Å²) in [5.41, 5.74) is 1.24. The molecule has 0 heterocycles. The van der Waals surface area contributed by atoms with Gasteiger partial charge in [-0.15, -0.1) is 0 Å². The summed E-state index contributed by atoms with van der Waals surface area (Å²) in [6.07, 6.45) is 0. The average molecular weight is 259 g/mol. The van der Waals surface area contributed by atoms with E-state index in [-0.39, 0.29) is 6.61 Å². The van der Waals surface area contributed by atoms with Crippen LogP contribution in [0.2, 0.25) is 0 Å². The van der Waals surface area contributed by atoms with E-state index in [1.807, 2.05) is 0 Å². The van der Waals surface area contributed by atoms with Crippen molar-refractivity contribution in [3.8, 4) is 0 Å². The van der Waals surface area contributed by atoms with Crippen LogP contribution in [-0.4, -0.2) is 38.0 Å². The second-order valence-corrected chi connectivity index (χ2v) is 4.41. The summed E-state index contributed by atoms with van der Waals surface area (Å²) in [5, 5.41) is 11.2. The van der Waals surface area contributed by atoms with Gasteiger partial charge in [-0.1, -0.05) is 36.4 Å². The van der Waals surface area contributed by atoms with Gasteiger partial charge in [-0.25, -0.2) is 0 Å². The molecule has 0 aromatic heterocycles. The summed E-state index contributed by atoms with van der Waals surface area (Å²) < 4.78 is 5.36. The van der Waals surface area contributed by atoms with Crippen LogP contribution in [-0.2, 0) is 4.74 Å². The van der Waals surface area contributed by atoms with Gasteiger partial charge in [-0.2, -0.15) is 0 Å². The topological polar surface area (TPSA) is 32.7 Å². The maximum atomic E-state index is 8.71. The molecule has 0 aliphatic carbocycles. The van der Waals surface area contributed by atoms with Crippen molar-refractivity contribution >= 4 is 16.5 Å². The predicted octanol–water partition coefficient (Wildman–Crippen LogP) is 2.68. The summed E-state index contributed by atoms with van der Waals surface area (Å²) in [4.78, 5) is 2.31. The Morgan fingerprint density at radius 3 is 2.63 bits per heavy atom. The van der Waals surface area contributed by atoms with Crippen molar-refractivity contribution in [1.82, 2.24) is 0 Å². The third-order valence-electron chi connectivity index (χ3n) is 3.23. The van der Waals surface area contributed by atoms with E-state index >= 15 is 0 Å². The molecule has 0 aliphatic heterocycles. The van der Waals surface area contributed by atoms with Crippen molar-refractivity contribution in [2.45, 2.75) is 6.92 Å². The Balaban J connectivity index is 2.16. The molecule has 0 aliphatic rings. The number of hydrogen-bond donors (Lipinski definition) is 1. The van der Waals surface area contributed by atoms with Crippen LogP contribution in [0.1, 0.15) is 6.92 Å². The Labute approximate surface area is 114 Å². The van der Waals surface area contributed by atoms with Crippen molar-refractivity contribution < 1.29 is 9.84 Å². The standard InChI is InChI=1S/C16H21NO2/c1-2-17(10-12-19-13-11-18)16-9-5-7-14-6-3-4-8-15(14)16/h3-9,18H,2,10-13H2,1H3. The highest BCUT2D eigenvalue weighted by atomic mass is 16.5. The van der Waals surface area contributed by atoms with Crippen molar-refractivity contribution in [3.63, 3.8) is 0 Å². The molecule has 2 aromatic rings. The van der Waals surface area contributed by atoms with Crippen LogP contribution in [0.15, 0.2) is 42.5 Å². The molecule has 0 saturated carbocycles. The maximum absolute atomic E-state index is 8.71. The fourth-order valence-corrected chi connectivity index (χ4v) is 2.27. The van der Waals surface area contributed by atoms with E-state index in [1.165, 1.54) is 16.5 Å². The Kier molecular flexibility index (Phi) is 5.19. The average Bonchev–Trinajstić information content (AvgIpc) is 2.47. The molecule has 0 unspecified atom stereocenters. The Hall–Kier alpha value is -1.58. The van der Waals surface area contributed by atoms with E-state index < -0.39 is 0 Å². The van der Waals surface area contributed by atoms with Gasteiger partial charge >= 0.3 is 0 Å². The molecule has 3 heteroatoms. The smallest absolute Gasteiger partial charge is 0.0698 e. The largest absolute Gasteiger partial charge is 0.394 e. The van der Waals surface area contributed by atoms with Gasteiger partial charge in [-0.3, -0.25) is 0 Å². The van der Waals surface area contributed by atoms with E-state index in [9.17, 15) is 0 Å². The third kappa shape index (κ3) is 3.46. The SMILES string of the molecule is CCN(CCOCCO)c1cccc2ccccc12. The van der Waals surface area contributed by atoms with Gasteiger partial charge in [0.15, 0.2) is 0 Å². The van der Waals surface area contributed by atoms with E-state index in [0.717, 1.165) is 13.1 Å². The van der Waals surface area contributed by atoms with Crippen molar-refractivity contribution in [1.29, 1.82) is 0 Å². The molecule has 2 aromatic carbocycles. The van der Waals surface area contributed by atoms with Crippen molar-refractivity contribution in [2.24, 2.45) is 0 Å². The van der Waals surface area contributed by atoms with Crippen LogP contribution in [0, 0.1) is 0 Å². The van der Waals surface area contributed by atoms with Crippen molar-refractivity contribution in [3.05, 3.63) is 42.5 Å². The molecular formula is C16H21NO2. The van der Waals surface area contributed by atoms with Crippen LogP contribution in [0.3, 0.4) is 0 Å². The summed E-state index contributed by atoms with van der Waals surface area (Å²) in [6, 6.07) is 14.8. The molecule has 0 bridgehead atoms. The van der Waals surface area contributed by atoms with Crippen LogP contribution < -0.4 is 4.90 Å². The van der Waals surface area contributed by atoms with Gasteiger partial charge in [0.05, 0.1) is 19.8 Å². The van der Waals surface area contributed by atoms with Crippen LogP contribution in [0.4, 0.5) is 5.69 Å². The molecule has 0 fully saturated rings. The van der Waals surface area contributed by atoms with E-state index in [0.29, 0.717) is 13.2 Å². The van der Waals surface area contributed by atoms with Gasteiger partial charge in [0.1, 0.15) is 0 Å². The number of rotatable bonds is 7. The molecular weight excluding hydrogens is 238 g/mol. The monoisotopic (exact) mass is 259 g/mol. The molecule has 0 amide bonds. The molecule has 0 atom stereocenters. The first-order chi connectivity index (χ1) is 9.36. The molecule has 0 spiro atoms. The predicted molar refractivity (Wildman–Crippen MR) is 79.7 cm³/mol. The first kappa shape index (κ1) is 13.8. The second-order valence-electron chi connectivity index (χ2n) is 4.41. The molecule has 102 valence electrons. The van der Waals surface area contributed by atoms with Gasteiger partial charge in [0.2, 0.25) is 0 Å². The minimum absolute atomic E-state index is 0.0837. The first-order valence-electron chi connectivity index (χ1n) is 6.78. The van der Waals surface area contributed by atoms with E-state index in [2.05, 4.69) is 54.3 Å². The highest BCUT2D eigenvalue weighted by Crippen LogP contribution is 2.26. The summed E-state index contributed by atoms with van der Waals surface area (Å²) in [7, 11) is 0. The number of nitrogens with zero attached hydrogens (tertiary/aromatic N) is 1. The molecule has 0 saturated heterocycles. The zero-order valence-corrected chi connectivity index (χ0v) is 11.4. The Bertz CT molecular complexity index is 508. The molecule has 0 radical (unpaired) electrons. The number of aliphatic hydroxyl groups excluding tert-OH is 1. The first-order valence-corrected chi connectivity index (χ1v) is 6.78.